The van der Waals surface area contributed by atoms with E-state index in [9.17, 15) is 4.79 Å². The minimum atomic E-state index is -0.645. The molecule has 0 bridgehead atoms. The maximum Gasteiger partial charge on any atom is 0.266 e. The fourth-order valence-corrected chi connectivity index (χ4v) is 3.58. The highest BCUT2D eigenvalue weighted by molar-refractivity contribution is 5.81. The summed E-state index contributed by atoms with van der Waals surface area (Å²) in [5.41, 5.74) is 12.4. The summed E-state index contributed by atoms with van der Waals surface area (Å²) in [5, 5.41) is 6.48. The predicted molar refractivity (Wildman–Crippen MR) is 90.4 cm³/mol. The van der Waals surface area contributed by atoms with Gasteiger partial charge >= 0.3 is 0 Å². The van der Waals surface area contributed by atoms with Crippen LogP contribution in [0.3, 0.4) is 0 Å². The number of carbonyl (C=O) groups is 1. The highest BCUT2D eigenvalue weighted by Gasteiger charge is 2.32. The van der Waals surface area contributed by atoms with Crippen molar-refractivity contribution in [2.75, 3.05) is 0 Å². The Bertz CT molecular complexity index is 655. The zero-order valence-corrected chi connectivity index (χ0v) is 14.5. The summed E-state index contributed by atoms with van der Waals surface area (Å²) in [6.07, 6.45) is 2.00. The van der Waals surface area contributed by atoms with Gasteiger partial charge in [-0.05, 0) is 42.9 Å². The number of hydroxylamine groups is 1. The van der Waals surface area contributed by atoms with Gasteiger partial charge < -0.3 is 10.1 Å². The van der Waals surface area contributed by atoms with Crippen LogP contribution in [0.25, 0.3) is 0 Å². The minimum Gasteiger partial charge on any atom is -0.346 e. The number of aryl methyl sites for hydroxylation is 1. The van der Waals surface area contributed by atoms with E-state index in [1.54, 1.807) is 0 Å². The Balaban J connectivity index is 1.42. The molecular formula is C17H25N5O3. The van der Waals surface area contributed by atoms with E-state index >= 15 is 0 Å². The number of hydrogen-bond donors (Lipinski definition) is 5. The first-order valence-corrected chi connectivity index (χ1v) is 8.91. The zero-order chi connectivity index (χ0) is 17.4. The molecule has 0 radical (unpaired) electrons. The van der Waals surface area contributed by atoms with Crippen LogP contribution in [-0.2, 0) is 20.8 Å². The fraction of sp³-hybridized carbons (Fsp3) is 0.588. The van der Waals surface area contributed by atoms with Gasteiger partial charge in [0.1, 0.15) is 18.6 Å². The molecule has 3 aliphatic rings. The highest BCUT2D eigenvalue weighted by atomic mass is 16.7. The number of amides is 1. The van der Waals surface area contributed by atoms with Crippen molar-refractivity contribution in [3.05, 3.63) is 34.9 Å². The molecule has 5 N–H and O–H groups in total. The van der Waals surface area contributed by atoms with Crippen molar-refractivity contribution in [3.8, 4) is 0 Å². The van der Waals surface area contributed by atoms with Crippen LogP contribution in [0.5, 0.6) is 0 Å². The number of hydrogen-bond acceptors (Lipinski definition) is 7. The van der Waals surface area contributed by atoms with Crippen LogP contribution in [0.4, 0.5) is 0 Å². The number of ether oxygens (including phenoxy) is 1. The number of benzene rings is 1. The van der Waals surface area contributed by atoms with Crippen molar-refractivity contribution < 1.29 is 14.4 Å². The predicted octanol–water partition coefficient (Wildman–Crippen LogP) is 0.446. The third-order valence-electron chi connectivity index (χ3n) is 4.94. The van der Waals surface area contributed by atoms with Crippen molar-refractivity contribution in [2.24, 2.45) is 0 Å². The van der Waals surface area contributed by atoms with Gasteiger partial charge in [0.2, 0.25) is 6.23 Å². The Morgan fingerprint density at radius 2 is 2.24 bits per heavy atom. The topological polar surface area (TPSA) is 95.7 Å². The van der Waals surface area contributed by atoms with E-state index in [2.05, 4.69) is 52.1 Å². The number of hydrazine groups is 1. The standard InChI is InChI=1S/C17H25N5O3/c1-3-14-19-15(22-25-14)11-4-6-12-10(8-11)5-7-13(12)18-16(23)17-21-20-9(2)24-17/h4,6,8-9,13-15,17,19-22H,3,5,7H2,1-2H3,(H,18,23)/t9?,13-,14?,15?,17?/m1/s1. The molecule has 4 rings (SSSR count). The molecule has 0 saturated carbocycles. The van der Waals surface area contributed by atoms with Gasteiger partial charge in [0, 0.05) is 0 Å². The van der Waals surface area contributed by atoms with Gasteiger partial charge in [0.25, 0.3) is 5.91 Å². The third-order valence-corrected chi connectivity index (χ3v) is 4.94. The lowest BCUT2D eigenvalue weighted by atomic mass is 10.0. The first-order valence-electron chi connectivity index (χ1n) is 8.91. The molecule has 2 saturated heterocycles. The zero-order valence-electron chi connectivity index (χ0n) is 14.5. The molecule has 2 heterocycles. The SMILES string of the molecule is CCC1NC(c2ccc3c(c2)CC[C@H]3NC(=O)C2NNC(C)O2)NO1. The van der Waals surface area contributed by atoms with Crippen molar-refractivity contribution in [3.63, 3.8) is 0 Å². The second-order valence-corrected chi connectivity index (χ2v) is 6.74. The number of rotatable bonds is 4. The summed E-state index contributed by atoms with van der Waals surface area (Å²) in [7, 11) is 0. The van der Waals surface area contributed by atoms with E-state index in [-0.39, 0.29) is 30.6 Å². The van der Waals surface area contributed by atoms with Crippen molar-refractivity contribution in [2.45, 2.75) is 64.0 Å². The van der Waals surface area contributed by atoms with Crippen LogP contribution >= 0.6 is 0 Å². The van der Waals surface area contributed by atoms with Gasteiger partial charge in [-0.2, -0.15) is 5.48 Å². The maximum absolute atomic E-state index is 12.3. The number of carbonyl (C=O) groups excluding carboxylic acids is 1. The van der Waals surface area contributed by atoms with E-state index in [0.717, 1.165) is 24.8 Å². The van der Waals surface area contributed by atoms with Crippen molar-refractivity contribution in [1.29, 1.82) is 0 Å². The Labute approximate surface area is 146 Å². The Kier molecular flexibility index (Phi) is 4.72. The largest absolute Gasteiger partial charge is 0.346 e. The van der Waals surface area contributed by atoms with Gasteiger partial charge in [0.15, 0.2) is 0 Å². The molecule has 1 aliphatic carbocycles. The van der Waals surface area contributed by atoms with E-state index in [4.69, 9.17) is 9.57 Å². The second-order valence-electron chi connectivity index (χ2n) is 6.74. The molecule has 2 fully saturated rings. The summed E-state index contributed by atoms with van der Waals surface area (Å²) in [6.45, 7) is 3.93. The highest BCUT2D eigenvalue weighted by Crippen LogP contribution is 2.33. The summed E-state index contributed by atoms with van der Waals surface area (Å²) >= 11 is 0. The third kappa shape index (κ3) is 3.41. The molecular weight excluding hydrogens is 322 g/mol. The molecule has 136 valence electrons. The van der Waals surface area contributed by atoms with Crippen LogP contribution in [-0.4, -0.2) is 24.6 Å². The number of fused-ring (bicyclic) bond motifs is 1. The Hall–Kier alpha value is -1.55. The molecule has 1 aromatic carbocycles. The maximum atomic E-state index is 12.3. The molecule has 8 heteroatoms. The van der Waals surface area contributed by atoms with Gasteiger partial charge in [0.05, 0.1) is 6.04 Å². The first kappa shape index (κ1) is 16.9. The summed E-state index contributed by atoms with van der Waals surface area (Å²) < 4.78 is 5.46. The Morgan fingerprint density at radius 1 is 1.36 bits per heavy atom. The van der Waals surface area contributed by atoms with Crippen LogP contribution in [0.15, 0.2) is 18.2 Å². The molecule has 8 nitrogen and oxygen atoms in total. The van der Waals surface area contributed by atoms with Crippen LogP contribution in [0, 0.1) is 0 Å². The van der Waals surface area contributed by atoms with Gasteiger partial charge in [-0.1, -0.05) is 25.1 Å². The van der Waals surface area contributed by atoms with E-state index < -0.39 is 6.23 Å². The summed E-state index contributed by atoms with van der Waals surface area (Å²) in [6, 6.07) is 6.42. The molecule has 5 atom stereocenters. The van der Waals surface area contributed by atoms with Crippen LogP contribution in [0.2, 0.25) is 0 Å². The van der Waals surface area contributed by atoms with Crippen molar-refractivity contribution in [1.82, 2.24) is 27.0 Å². The van der Waals surface area contributed by atoms with E-state index in [0.29, 0.717) is 0 Å². The lowest BCUT2D eigenvalue weighted by molar-refractivity contribution is -0.133. The molecule has 0 aromatic heterocycles. The molecule has 0 spiro atoms. The molecule has 1 aromatic rings. The van der Waals surface area contributed by atoms with Crippen molar-refractivity contribution >= 4 is 5.91 Å². The fourth-order valence-electron chi connectivity index (χ4n) is 3.58. The number of nitrogens with one attached hydrogen (secondary N) is 5. The molecule has 25 heavy (non-hydrogen) atoms. The van der Waals surface area contributed by atoms with Gasteiger partial charge in [-0.15, -0.1) is 0 Å². The normalized spacial score (nSPS) is 34.2. The lowest BCUT2D eigenvalue weighted by Gasteiger charge is -2.18. The van der Waals surface area contributed by atoms with Gasteiger partial charge in [-0.25, -0.2) is 10.9 Å². The van der Waals surface area contributed by atoms with Gasteiger partial charge in [-0.3, -0.25) is 14.9 Å². The quantitative estimate of drug-likeness (QED) is 0.540. The van der Waals surface area contributed by atoms with Crippen LogP contribution < -0.4 is 27.0 Å². The first-order chi connectivity index (χ1) is 12.1. The smallest absolute Gasteiger partial charge is 0.266 e. The van der Waals surface area contributed by atoms with E-state index in [1.807, 2.05) is 6.92 Å². The summed E-state index contributed by atoms with van der Waals surface area (Å²) in [5.74, 6) is -0.142. The van der Waals surface area contributed by atoms with E-state index in [1.165, 1.54) is 11.1 Å². The monoisotopic (exact) mass is 347 g/mol. The average Bonchev–Trinajstić information content (AvgIpc) is 3.34. The Morgan fingerprint density at radius 3 is 2.96 bits per heavy atom. The molecule has 4 unspecified atom stereocenters. The second kappa shape index (κ2) is 6.99. The van der Waals surface area contributed by atoms with Crippen LogP contribution in [0.1, 0.15) is 55.6 Å². The molecule has 1 amide bonds. The average molecular weight is 347 g/mol. The lowest BCUT2D eigenvalue weighted by Crippen LogP contribution is -2.44. The molecule has 2 aliphatic heterocycles. The summed E-state index contributed by atoms with van der Waals surface area (Å²) in [4.78, 5) is 17.8. The minimum absolute atomic E-state index is 0.00698.